The number of fused-ring (bicyclic) bond motifs is 3. The molecule has 5 heteroatoms. The van der Waals surface area contributed by atoms with E-state index in [-0.39, 0.29) is 5.91 Å². The molecule has 0 bridgehead atoms. The third-order valence-electron chi connectivity index (χ3n) is 5.85. The van der Waals surface area contributed by atoms with E-state index in [4.69, 9.17) is 0 Å². The van der Waals surface area contributed by atoms with Gasteiger partial charge in [0.05, 0.1) is 0 Å². The predicted octanol–water partition coefficient (Wildman–Crippen LogP) is 1.64. The molecular formula is C20H28N4O. The molecule has 5 nitrogen and oxygen atoms in total. The van der Waals surface area contributed by atoms with Crippen molar-refractivity contribution in [2.45, 2.75) is 19.3 Å². The van der Waals surface area contributed by atoms with Crippen LogP contribution in [-0.4, -0.2) is 66.6 Å². The summed E-state index contributed by atoms with van der Waals surface area (Å²) in [5, 5.41) is 4.36. The zero-order valence-electron chi connectivity index (χ0n) is 15.3. The second kappa shape index (κ2) is 6.81. The third-order valence-corrected chi connectivity index (χ3v) is 5.85. The predicted molar refractivity (Wildman–Crippen MR) is 101 cm³/mol. The molecule has 1 aromatic heterocycles. The number of benzene rings is 1. The average molecular weight is 340 g/mol. The summed E-state index contributed by atoms with van der Waals surface area (Å²) in [7, 11) is 4.30. The van der Waals surface area contributed by atoms with Crippen LogP contribution >= 0.6 is 0 Å². The second-order valence-electron chi connectivity index (χ2n) is 7.47. The maximum absolute atomic E-state index is 12.5. The third kappa shape index (κ3) is 3.18. The van der Waals surface area contributed by atoms with Crippen LogP contribution in [0.2, 0.25) is 0 Å². The molecule has 134 valence electrons. The number of aromatic nitrogens is 1. The molecule has 1 fully saturated rings. The van der Waals surface area contributed by atoms with Crippen LogP contribution in [0.15, 0.2) is 18.2 Å². The summed E-state index contributed by atoms with van der Waals surface area (Å²) in [5.41, 5.74) is 4.93. The molecule has 1 saturated heterocycles. The van der Waals surface area contributed by atoms with Gasteiger partial charge in [0.2, 0.25) is 0 Å². The summed E-state index contributed by atoms with van der Waals surface area (Å²) < 4.78 is 2.30. The fourth-order valence-electron chi connectivity index (χ4n) is 4.25. The van der Waals surface area contributed by atoms with Crippen LogP contribution in [0.25, 0.3) is 10.9 Å². The van der Waals surface area contributed by atoms with Gasteiger partial charge in [-0.05, 0) is 50.1 Å². The van der Waals surface area contributed by atoms with E-state index in [1.807, 2.05) is 6.07 Å². The zero-order chi connectivity index (χ0) is 17.4. The van der Waals surface area contributed by atoms with Crippen molar-refractivity contribution in [3.8, 4) is 0 Å². The highest BCUT2D eigenvalue weighted by Crippen LogP contribution is 2.32. The molecule has 25 heavy (non-hydrogen) atoms. The number of nitrogens with one attached hydrogen (secondary N) is 1. The van der Waals surface area contributed by atoms with Crippen LogP contribution < -0.4 is 5.32 Å². The summed E-state index contributed by atoms with van der Waals surface area (Å²) in [4.78, 5) is 17.3. The fraction of sp³-hybridized carbons (Fsp3) is 0.550. The van der Waals surface area contributed by atoms with Crippen molar-refractivity contribution in [1.82, 2.24) is 19.7 Å². The molecule has 1 aliphatic carbocycles. The molecule has 0 radical (unpaired) electrons. The topological polar surface area (TPSA) is 40.5 Å². The van der Waals surface area contributed by atoms with Gasteiger partial charge in [0.1, 0.15) is 0 Å². The lowest BCUT2D eigenvalue weighted by atomic mass is 10.1. The SMILES string of the molecule is CN1CCN(CCNC(=O)c2ccc3c(c2)c2c(n3C)CCC2)CC1. The first-order valence-electron chi connectivity index (χ1n) is 9.43. The molecule has 0 saturated carbocycles. The lowest BCUT2D eigenvalue weighted by Crippen LogP contribution is -2.46. The molecule has 1 aromatic carbocycles. The second-order valence-corrected chi connectivity index (χ2v) is 7.47. The van der Waals surface area contributed by atoms with Gasteiger partial charge < -0.3 is 14.8 Å². The Morgan fingerprint density at radius 2 is 1.92 bits per heavy atom. The first-order chi connectivity index (χ1) is 12.1. The summed E-state index contributed by atoms with van der Waals surface area (Å²) in [6.45, 7) is 6.06. The standard InChI is InChI=1S/C20H28N4O/c1-22-10-12-24(13-11-22)9-8-21-20(25)15-6-7-19-17(14-15)16-4-3-5-18(16)23(19)2/h6-7,14H,3-5,8-13H2,1-2H3,(H,21,25). The minimum Gasteiger partial charge on any atom is -0.351 e. The van der Waals surface area contributed by atoms with Gasteiger partial charge in [-0.2, -0.15) is 0 Å². The number of carbonyl (C=O) groups excluding carboxylic acids is 1. The minimum atomic E-state index is 0.0478. The molecule has 2 heterocycles. The van der Waals surface area contributed by atoms with Crippen molar-refractivity contribution >= 4 is 16.8 Å². The van der Waals surface area contributed by atoms with E-state index in [2.05, 4.69) is 45.9 Å². The van der Waals surface area contributed by atoms with Gasteiger partial charge in [-0.15, -0.1) is 0 Å². The van der Waals surface area contributed by atoms with E-state index < -0.39 is 0 Å². The number of rotatable bonds is 4. The Morgan fingerprint density at radius 3 is 2.72 bits per heavy atom. The highest BCUT2D eigenvalue weighted by molar-refractivity contribution is 5.99. The Labute approximate surface area is 149 Å². The van der Waals surface area contributed by atoms with Crippen molar-refractivity contribution in [2.75, 3.05) is 46.3 Å². The minimum absolute atomic E-state index is 0.0478. The van der Waals surface area contributed by atoms with Gasteiger partial charge >= 0.3 is 0 Å². The van der Waals surface area contributed by atoms with Crippen molar-refractivity contribution in [3.05, 3.63) is 35.0 Å². The van der Waals surface area contributed by atoms with Gasteiger partial charge in [-0.3, -0.25) is 9.69 Å². The van der Waals surface area contributed by atoms with E-state index in [1.54, 1.807) is 0 Å². The summed E-state index contributed by atoms with van der Waals surface area (Å²) in [5.74, 6) is 0.0478. The number of amides is 1. The van der Waals surface area contributed by atoms with Gasteiger partial charge in [0.25, 0.3) is 5.91 Å². The van der Waals surface area contributed by atoms with E-state index >= 15 is 0 Å². The summed E-state index contributed by atoms with van der Waals surface area (Å²) in [6.07, 6.45) is 3.53. The Morgan fingerprint density at radius 1 is 1.12 bits per heavy atom. The zero-order valence-corrected chi connectivity index (χ0v) is 15.3. The molecule has 1 aliphatic heterocycles. The Hall–Kier alpha value is -1.85. The maximum atomic E-state index is 12.5. The summed E-state index contributed by atoms with van der Waals surface area (Å²) >= 11 is 0. The molecule has 0 atom stereocenters. The molecule has 2 aliphatic rings. The fourth-order valence-corrected chi connectivity index (χ4v) is 4.25. The molecule has 0 spiro atoms. The molecule has 0 unspecified atom stereocenters. The van der Waals surface area contributed by atoms with E-state index in [1.165, 1.54) is 28.6 Å². The number of piperazine rings is 1. The van der Waals surface area contributed by atoms with E-state index in [0.717, 1.165) is 51.1 Å². The van der Waals surface area contributed by atoms with Crippen LogP contribution in [0, 0.1) is 0 Å². The molecular weight excluding hydrogens is 312 g/mol. The van der Waals surface area contributed by atoms with Crippen molar-refractivity contribution < 1.29 is 4.79 Å². The van der Waals surface area contributed by atoms with Crippen molar-refractivity contribution in [3.63, 3.8) is 0 Å². The smallest absolute Gasteiger partial charge is 0.251 e. The normalized spacial score (nSPS) is 18.6. The number of hydrogen-bond donors (Lipinski definition) is 1. The number of hydrogen-bond acceptors (Lipinski definition) is 3. The highest BCUT2D eigenvalue weighted by atomic mass is 16.1. The van der Waals surface area contributed by atoms with Crippen LogP contribution in [0.5, 0.6) is 0 Å². The lowest BCUT2D eigenvalue weighted by Gasteiger charge is -2.32. The molecule has 1 amide bonds. The number of carbonyl (C=O) groups is 1. The first kappa shape index (κ1) is 16.6. The quantitative estimate of drug-likeness (QED) is 0.920. The Balaban J connectivity index is 1.40. The average Bonchev–Trinajstić information content (AvgIpc) is 3.20. The van der Waals surface area contributed by atoms with Crippen LogP contribution in [0.4, 0.5) is 0 Å². The van der Waals surface area contributed by atoms with Crippen molar-refractivity contribution in [1.29, 1.82) is 0 Å². The maximum Gasteiger partial charge on any atom is 0.251 e. The monoisotopic (exact) mass is 340 g/mol. The molecule has 2 aromatic rings. The highest BCUT2D eigenvalue weighted by Gasteiger charge is 2.20. The molecule has 4 rings (SSSR count). The Bertz CT molecular complexity index is 787. The Kier molecular flexibility index (Phi) is 4.52. The van der Waals surface area contributed by atoms with Gasteiger partial charge in [0.15, 0.2) is 0 Å². The van der Waals surface area contributed by atoms with Crippen LogP contribution in [-0.2, 0) is 19.9 Å². The van der Waals surface area contributed by atoms with Gasteiger partial charge in [0, 0.05) is 68.5 Å². The number of nitrogens with zero attached hydrogens (tertiary/aromatic N) is 3. The van der Waals surface area contributed by atoms with Crippen LogP contribution in [0.1, 0.15) is 28.0 Å². The van der Waals surface area contributed by atoms with E-state index in [9.17, 15) is 4.79 Å². The lowest BCUT2D eigenvalue weighted by molar-refractivity contribution is 0.0941. The van der Waals surface area contributed by atoms with E-state index in [0.29, 0.717) is 6.54 Å². The summed E-state index contributed by atoms with van der Waals surface area (Å²) in [6, 6.07) is 6.15. The van der Waals surface area contributed by atoms with Crippen molar-refractivity contribution in [2.24, 2.45) is 7.05 Å². The van der Waals surface area contributed by atoms with Gasteiger partial charge in [-0.25, -0.2) is 0 Å². The van der Waals surface area contributed by atoms with Gasteiger partial charge in [-0.1, -0.05) is 0 Å². The van der Waals surface area contributed by atoms with Crippen LogP contribution in [0.3, 0.4) is 0 Å². The first-order valence-corrected chi connectivity index (χ1v) is 9.43. The molecule has 1 N–H and O–H groups in total. The largest absolute Gasteiger partial charge is 0.351 e. The number of likely N-dealkylation sites (N-methyl/N-ethyl adjacent to an activating group) is 1. The number of aryl methyl sites for hydroxylation is 2.